The Kier molecular flexibility index (Phi) is 6.35. The number of likely N-dealkylation sites (tertiary alicyclic amines) is 1. The first kappa shape index (κ1) is 25.8. The van der Waals surface area contributed by atoms with Gasteiger partial charge in [0.2, 0.25) is 0 Å². The normalized spacial score (nSPS) is 29.5. The molecule has 3 aliphatic heterocycles. The van der Waals surface area contributed by atoms with E-state index in [9.17, 15) is 10.4 Å². The van der Waals surface area contributed by atoms with Crippen molar-refractivity contribution >= 4 is 0 Å². The third-order valence-corrected chi connectivity index (χ3v) is 8.97. The molecule has 2 saturated heterocycles. The highest BCUT2D eigenvalue weighted by Gasteiger charge is 2.73. The maximum absolute atomic E-state index is 13.1. The number of aromatic nitrogens is 1. The smallest absolute Gasteiger partial charge is 0.174 e. The average molecular weight is 528 g/mol. The lowest BCUT2D eigenvalue weighted by atomic mass is 9.69. The Morgan fingerprint density at radius 1 is 1.08 bits per heavy atom. The van der Waals surface area contributed by atoms with E-state index in [1.807, 2.05) is 30.3 Å². The average Bonchev–Trinajstić information content (AvgIpc) is 3.36. The second kappa shape index (κ2) is 9.61. The van der Waals surface area contributed by atoms with E-state index in [0.717, 1.165) is 57.5 Å². The number of aliphatic hydroxyl groups is 2. The zero-order chi connectivity index (χ0) is 27.3. The fourth-order valence-electron chi connectivity index (χ4n) is 7.38. The fourth-order valence-corrected chi connectivity index (χ4v) is 7.38. The number of rotatable bonds is 5. The standard InChI is InChI=1S/C30H29N3O4.CH4O/c1-35-25-13-32-14-26-27(25)29(34)23(15-33-16-28(17-33)18-36-19-28)11-24(21-5-3-2-4-6-21)30(29,37-26)22-9-7-20(12-31)8-10-22;1-2/h2-10,13-14,23-24,34H,11,15-19H2,1H3;2H,1H3. The molecule has 1 aliphatic carbocycles. The van der Waals surface area contributed by atoms with Crippen LogP contribution in [0, 0.1) is 22.7 Å². The van der Waals surface area contributed by atoms with Crippen molar-refractivity contribution in [2.24, 2.45) is 11.3 Å². The maximum Gasteiger partial charge on any atom is 0.174 e. The number of benzene rings is 2. The molecule has 7 rings (SSSR count). The molecule has 3 fully saturated rings. The van der Waals surface area contributed by atoms with Gasteiger partial charge in [-0.25, -0.2) is 0 Å². The van der Waals surface area contributed by atoms with Gasteiger partial charge >= 0.3 is 0 Å². The first-order valence-electron chi connectivity index (χ1n) is 13.3. The van der Waals surface area contributed by atoms with Crippen molar-refractivity contribution in [3.8, 4) is 17.6 Å². The van der Waals surface area contributed by atoms with Crippen LogP contribution in [0.15, 0.2) is 67.0 Å². The lowest BCUT2D eigenvalue weighted by Crippen LogP contribution is -2.67. The van der Waals surface area contributed by atoms with E-state index in [1.165, 1.54) is 0 Å². The molecule has 8 nitrogen and oxygen atoms in total. The number of hydrogen-bond donors (Lipinski definition) is 2. The van der Waals surface area contributed by atoms with E-state index in [2.05, 4.69) is 28.1 Å². The SMILES string of the molecule is CO.COc1cncc2c1C1(O)C(CN3CC4(COC4)C3)CC(c3ccccc3)C1(c1ccc(C#N)cc1)O2. The summed E-state index contributed by atoms with van der Waals surface area (Å²) in [4.78, 5) is 6.80. The molecule has 39 heavy (non-hydrogen) atoms. The van der Waals surface area contributed by atoms with E-state index in [1.54, 1.807) is 31.6 Å². The van der Waals surface area contributed by atoms with E-state index < -0.39 is 11.2 Å². The summed E-state index contributed by atoms with van der Waals surface area (Å²) in [7, 11) is 2.61. The monoisotopic (exact) mass is 527 g/mol. The van der Waals surface area contributed by atoms with Gasteiger partial charge in [-0.15, -0.1) is 0 Å². The number of nitrogens with zero attached hydrogens (tertiary/aromatic N) is 3. The van der Waals surface area contributed by atoms with Crippen LogP contribution >= 0.6 is 0 Å². The molecule has 0 radical (unpaired) electrons. The van der Waals surface area contributed by atoms with E-state index >= 15 is 0 Å². The minimum Gasteiger partial charge on any atom is -0.495 e. The molecule has 4 unspecified atom stereocenters. The highest BCUT2D eigenvalue weighted by atomic mass is 16.5. The molecule has 4 aliphatic rings. The van der Waals surface area contributed by atoms with Crippen molar-refractivity contribution in [3.05, 3.63) is 89.2 Å². The summed E-state index contributed by atoms with van der Waals surface area (Å²) < 4.78 is 18.2. The summed E-state index contributed by atoms with van der Waals surface area (Å²) in [5.74, 6) is 0.825. The molecule has 0 bridgehead atoms. The van der Waals surface area contributed by atoms with Gasteiger partial charge in [0.25, 0.3) is 0 Å². The number of ether oxygens (including phenoxy) is 3. The number of hydrogen-bond acceptors (Lipinski definition) is 8. The molecule has 1 aromatic heterocycles. The van der Waals surface area contributed by atoms with Crippen LogP contribution in [0.3, 0.4) is 0 Å². The number of fused-ring (bicyclic) bond motifs is 3. The molecule has 0 amide bonds. The van der Waals surface area contributed by atoms with Gasteiger partial charge < -0.3 is 29.3 Å². The van der Waals surface area contributed by atoms with E-state index in [0.29, 0.717) is 22.6 Å². The Bertz CT molecular complexity index is 1380. The maximum atomic E-state index is 13.1. The Balaban J connectivity index is 0.00000135. The lowest BCUT2D eigenvalue weighted by Gasteiger charge is -2.56. The summed E-state index contributed by atoms with van der Waals surface area (Å²) in [5, 5.41) is 29.6. The Morgan fingerprint density at radius 2 is 1.79 bits per heavy atom. The van der Waals surface area contributed by atoms with Gasteiger partial charge in [-0.05, 0) is 29.7 Å². The molecule has 2 N–H and O–H groups in total. The van der Waals surface area contributed by atoms with Crippen LogP contribution in [0.25, 0.3) is 0 Å². The lowest BCUT2D eigenvalue weighted by molar-refractivity contribution is -0.199. The van der Waals surface area contributed by atoms with Crippen molar-refractivity contribution in [2.45, 2.75) is 23.5 Å². The molecule has 8 heteroatoms. The Labute approximate surface area is 228 Å². The zero-order valence-corrected chi connectivity index (χ0v) is 22.2. The highest BCUT2D eigenvalue weighted by Crippen LogP contribution is 2.70. The van der Waals surface area contributed by atoms with Crippen LogP contribution < -0.4 is 9.47 Å². The van der Waals surface area contributed by atoms with Gasteiger partial charge in [-0.1, -0.05) is 42.5 Å². The van der Waals surface area contributed by atoms with Crippen LogP contribution in [0.5, 0.6) is 11.5 Å². The summed E-state index contributed by atoms with van der Waals surface area (Å²) in [6.45, 7) is 4.37. The number of aliphatic hydroxyl groups excluding tert-OH is 1. The third-order valence-electron chi connectivity index (χ3n) is 8.97. The summed E-state index contributed by atoms with van der Waals surface area (Å²) in [5.41, 5.74) is 1.00. The number of pyridine rings is 1. The van der Waals surface area contributed by atoms with Crippen LogP contribution in [0.2, 0.25) is 0 Å². The van der Waals surface area contributed by atoms with Gasteiger partial charge in [-0.3, -0.25) is 4.98 Å². The molecule has 4 heterocycles. The highest BCUT2D eigenvalue weighted by molar-refractivity contribution is 5.58. The molecule has 3 aromatic rings. The van der Waals surface area contributed by atoms with Crippen molar-refractivity contribution in [1.29, 1.82) is 5.26 Å². The van der Waals surface area contributed by atoms with Crippen LogP contribution in [-0.4, -0.2) is 67.2 Å². The largest absolute Gasteiger partial charge is 0.495 e. The second-order valence-corrected chi connectivity index (χ2v) is 11.1. The molecular weight excluding hydrogens is 494 g/mol. The molecule has 1 saturated carbocycles. The zero-order valence-electron chi connectivity index (χ0n) is 22.2. The van der Waals surface area contributed by atoms with Gasteiger partial charge in [0.15, 0.2) is 5.60 Å². The molecule has 4 atom stereocenters. The topological polar surface area (TPSA) is 108 Å². The summed E-state index contributed by atoms with van der Waals surface area (Å²) in [6, 6.07) is 20.0. The van der Waals surface area contributed by atoms with Crippen molar-refractivity contribution < 1.29 is 24.4 Å². The van der Waals surface area contributed by atoms with Gasteiger partial charge in [0.05, 0.1) is 49.9 Å². The molecule has 202 valence electrons. The van der Waals surface area contributed by atoms with Crippen LogP contribution in [0.4, 0.5) is 0 Å². The molecule has 1 spiro atoms. The minimum atomic E-state index is -1.37. The summed E-state index contributed by atoms with van der Waals surface area (Å²) >= 11 is 0. The first-order valence-corrected chi connectivity index (χ1v) is 13.3. The van der Waals surface area contributed by atoms with Gasteiger partial charge in [0.1, 0.15) is 17.1 Å². The predicted octanol–water partition coefficient (Wildman–Crippen LogP) is 3.18. The van der Waals surface area contributed by atoms with Crippen molar-refractivity contribution in [3.63, 3.8) is 0 Å². The van der Waals surface area contributed by atoms with Crippen LogP contribution in [-0.2, 0) is 15.9 Å². The van der Waals surface area contributed by atoms with E-state index in [4.69, 9.17) is 19.3 Å². The molecule has 2 aromatic carbocycles. The van der Waals surface area contributed by atoms with Crippen molar-refractivity contribution in [1.82, 2.24) is 9.88 Å². The first-order chi connectivity index (χ1) is 19.0. The van der Waals surface area contributed by atoms with Gasteiger partial charge in [0, 0.05) is 44.0 Å². The number of nitriles is 1. The van der Waals surface area contributed by atoms with Gasteiger partial charge in [-0.2, -0.15) is 5.26 Å². The Hall–Kier alpha value is -3.48. The van der Waals surface area contributed by atoms with E-state index in [-0.39, 0.29) is 17.3 Å². The fraction of sp³-hybridized carbons (Fsp3) is 0.419. The van der Waals surface area contributed by atoms with Crippen molar-refractivity contribution in [2.75, 3.05) is 47.1 Å². The van der Waals surface area contributed by atoms with Crippen LogP contribution in [0.1, 0.15) is 34.6 Å². The Morgan fingerprint density at radius 3 is 2.41 bits per heavy atom. The molecular formula is C31H33N3O5. The quantitative estimate of drug-likeness (QED) is 0.521. The third kappa shape index (κ3) is 3.61. The minimum absolute atomic E-state index is 0.121. The number of methoxy groups -OCH3 is 1. The second-order valence-electron chi connectivity index (χ2n) is 11.1. The summed E-state index contributed by atoms with van der Waals surface area (Å²) in [6.07, 6.45) is 4.08. The predicted molar refractivity (Wildman–Crippen MR) is 143 cm³/mol.